The summed E-state index contributed by atoms with van der Waals surface area (Å²) in [5.74, 6) is 0.921. The Morgan fingerprint density at radius 3 is 2.41 bits per heavy atom. The molecule has 1 aromatic heterocycles. The van der Waals surface area contributed by atoms with Crippen LogP contribution in [0.1, 0.15) is 24.7 Å². The van der Waals surface area contributed by atoms with Crippen molar-refractivity contribution >= 4 is 0 Å². The van der Waals surface area contributed by atoms with Crippen LogP contribution in [0.3, 0.4) is 0 Å². The predicted molar refractivity (Wildman–Crippen MR) is 67.9 cm³/mol. The van der Waals surface area contributed by atoms with Gasteiger partial charge in [-0.2, -0.15) is 0 Å². The summed E-state index contributed by atoms with van der Waals surface area (Å²) in [5.41, 5.74) is 0.931. The second-order valence-electron chi connectivity index (χ2n) is 4.41. The SMILES string of the molecule is CCC(CO)(Cc1ccco1)c1ccccc1. The van der Waals surface area contributed by atoms with Crippen molar-refractivity contribution in [1.29, 1.82) is 0 Å². The Kier molecular flexibility index (Phi) is 3.64. The van der Waals surface area contributed by atoms with E-state index in [1.54, 1.807) is 6.26 Å². The minimum Gasteiger partial charge on any atom is -0.469 e. The van der Waals surface area contributed by atoms with Crippen molar-refractivity contribution in [3.05, 3.63) is 60.1 Å². The Labute approximate surface area is 102 Å². The standard InChI is InChI=1S/C15H18O2/c1-2-15(12-16,11-14-9-6-10-17-14)13-7-4-3-5-8-13/h3-10,16H,2,11-12H2,1H3. The lowest BCUT2D eigenvalue weighted by molar-refractivity contribution is 0.180. The van der Waals surface area contributed by atoms with Gasteiger partial charge in [-0.05, 0) is 24.1 Å². The Hall–Kier alpha value is -1.54. The minimum atomic E-state index is -0.237. The van der Waals surface area contributed by atoms with Gasteiger partial charge in [-0.3, -0.25) is 0 Å². The third-order valence-electron chi connectivity index (χ3n) is 3.46. The van der Waals surface area contributed by atoms with Crippen molar-refractivity contribution < 1.29 is 9.52 Å². The van der Waals surface area contributed by atoms with Gasteiger partial charge in [-0.25, -0.2) is 0 Å². The second kappa shape index (κ2) is 5.19. The smallest absolute Gasteiger partial charge is 0.104 e. The molecule has 0 aliphatic heterocycles. The number of hydrogen-bond donors (Lipinski definition) is 1. The first kappa shape index (κ1) is 11.9. The molecule has 0 bridgehead atoms. The zero-order chi connectivity index (χ0) is 12.1. The zero-order valence-corrected chi connectivity index (χ0v) is 10.1. The lowest BCUT2D eigenvalue weighted by Crippen LogP contribution is -2.32. The number of aliphatic hydroxyl groups excluding tert-OH is 1. The number of rotatable bonds is 5. The lowest BCUT2D eigenvalue weighted by atomic mass is 9.75. The van der Waals surface area contributed by atoms with Gasteiger partial charge in [-0.15, -0.1) is 0 Å². The monoisotopic (exact) mass is 230 g/mol. The molecule has 1 heterocycles. The average Bonchev–Trinajstić information content (AvgIpc) is 2.90. The quantitative estimate of drug-likeness (QED) is 0.856. The van der Waals surface area contributed by atoms with Crippen LogP contribution in [0, 0.1) is 0 Å². The molecule has 2 heteroatoms. The van der Waals surface area contributed by atoms with E-state index >= 15 is 0 Å². The summed E-state index contributed by atoms with van der Waals surface area (Å²) in [7, 11) is 0. The van der Waals surface area contributed by atoms with Crippen molar-refractivity contribution in [3.8, 4) is 0 Å². The molecule has 0 aliphatic rings. The van der Waals surface area contributed by atoms with Gasteiger partial charge in [0.1, 0.15) is 5.76 Å². The maximum absolute atomic E-state index is 9.79. The molecule has 2 nitrogen and oxygen atoms in total. The largest absolute Gasteiger partial charge is 0.469 e. The third kappa shape index (κ3) is 2.42. The number of benzene rings is 1. The van der Waals surface area contributed by atoms with Gasteiger partial charge in [0.25, 0.3) is 0 Å². The predicted octanol–water partition coefficient (Wildman–Crippen LogP) is 3.16. The molecule has 0 fully saturated rings. The van der Waals surface area contributed by atoms with E-state index in [1.165, 1.54) is 5.56 Å². The normalized spacial score (nSPS) is 14.5. The van der Waals surface area contributed by atoms with E-state index in [0.717, 1.165) is 18.6 Å². The second-order valence-corrected chi connectivity index (χ2v) is 4.41. The van der Waals surface area contributed by atoms with E-state index in [0.29, 0.717) is 0 Å². The van der Waals surface area contributed by atoms with Crippen molar-refractivity contribution in [2.24, 2.45) is 0 Å². The van der Waals surface area contributed by atoms with Crippen LogP contribution in [0.2, 0.25) is 0 Å². The maximum Gasteiger partial charge on any atom is 0.104 e. The van der Waals surface area contributed by atoms with Crippen LogP contribution in [0.5, 0.6) is 0 Å². The van der Waals surface area contributed by atoms with Gasteiger partial charge < -0.3 is 9.52 Å². The number of hydrogen-bond acceptors (Lipinski definition) is 2. The van der Waals surface area contributed by atoms with Gasteiger partial charge in [0.05, 0.1) is 12.9 Å². The summed E-state index contributed by atoms with van der Waals surface area (Å²) < 4.78 is 5.40. The van der Waals surface area contributed by atoms with E-state index in [4.69, 9.17) is 4.42 Å². The van der Waals surface area contributed by atoms with Crippen molar-refractivity contribution in [2.75, 3.05) is 6.61 Å². The molecule has 1 N–H and O–H groups in total. The van der Waals surface area contributed by atoms with Gasteiger partial charge in [-0.1, -0.05) is 37.3 Å². The van der Waals surface area contributed by atoms with Crippen LogP contribution < -0.4 is 0 Å². The first-order valence-electron chi connectivity index (χ1n) is 5.99. The van der Waals surface area contributed by atoms with E-state index in [9.17, 15) is 5.11 Å². The van der Waals surface area contributed by atoms with Gasteiger partial charge >= 0.3 is 0 Å². The van der Waals surface area contributed by atoms with Crippen LogP contribution in [-0.4, -0.2) is 11.7 Å². The molecule has 2 aromatic rings. The van der Waals surface area contributed by atoms with E-state index in [1.807, 2.05) is 30.3 Å². The van der Waals surface area contributed by atoms with Crippen molar-refractivity contribution in [2.45, 2.75) is 25.2 Å². The summed E-state index contributed by atoms with van der Waals surface area (Å²) in [6, 6.07) is 14.0. The lowest BCUT2D eigenvalue weighted by Gasteiger charge is -2.30. The summed E-state index contributed by atoms with van der Waals surface area (Å²) in [5, 5.41) is 9.79. The molecule has 0 radical (unpaired) electrons. The summed E-state index contributed by atoms with van der Waals surface area (Å²) >= 11 is 0. The van der Waals surface area contributed by atoms with Crippen molar-refractivity contribution in [1.82, 2.24) is 0 Å². The fourth-order valence-electron chi connectivity index (χ4n) is 2.23. The molecule has 90 valence electrons. The molecule has 1 atom stereocenters. The highest BCUT2D eigenvalue weighted by atomic mass is 16.3. The molecule has 1 aromatic carbocycles. The molecule has 0 aliphatic carbocycles. The average molecular weight is 230 g/mol. The molecule has 0 saturated carbocycles. The molecular formula is C15H18O2. The van der Waals surface area contributed by atoms with Gasteiger partial charge in [0.15, 0.2) is 0 Å². The van der Waals surface area contributed by atoms with Crippen LogP contribution in [-0.2, 0) is 11.8 Å². The van der Waals surface area contributed by atoms with Crippen LogP contribution in [0.4, 0.5) is 0 Å². The number of aliphatic hydroxyl groups is 1. The van der Waals surface area contributed by atoms with E-state index in [2.05, 4.69) is 19.1 Å². The molecule has 0 amide bonds. The zero-order valence-electron chi connectivity index (χ0n) is 10.1. The Morgan fingerprint density at radius 2 is 1.88 bits per heavy atom. The summed E-state index contributed by atoms with van der Waals surface area (Å²) in [4.78, 5) is 0. The summed E-state index contributed by atoms with van der Waals surface area (Å²) in [6.45, 7) is 2.24. The molecular weight excluding hydrogens is 212 g/mol. The Morgan fingerprint density at radius 1 is 1.12 bits per heavy atom. The third-order valence-corrected chi connectivity index (χ3v) is 3.46. The van der Waals surface area contributed by atoms with Gasteiger partial charge in [0, 0.05) is 11.8 Å². The number of furan rings is 1. The Bertz CT molecular complexity index is 427. The summed E-state index contributed by atoms with van der Waals surface area (Å²) in [6.07, 6.45) is 3.29. The fraction of sp³-hybridized carbons (Fsp3) is 0.333. The van der Waals surface area contributed by atoms with Crippen LogP contribution >= 0.6 is 0 Å². The maximum atomic E-state index is 9.79. The fourth-order valence-corrected chi connectivity index (χ4v) is 2.23. The van der Waals surface area contributed by atoms with E-state index < -0.39 is 0 Å². The first-order valence-corrected chi connectivity index (χ1v) is 5.99. The van der Waals surface area contributed by atoms with Crippen LogP contribution in [0.15, 0.2) is 53.1 Å². The topological polar surface area (TPSA) is 33.4 Å². The molecule has 2 rings (SSSR count). The van der Waals surface area contributed by atoms with Crippen LogP contribution in [0.25, 0.3) is 0 Å². The minimum absolute atomic E-state index is 0.133. The highest BCUT2D eigenvalue weighted by molar-refractivity contribution is 5.27. The van der Waals surface area contributed by atoms with Crippen molar-refractivity contribution in [3.63, 3.8) is 0 Å². The molecule has 0 saturated heterocycles. The Balaban J connectivity index is 2.32. The highest BCUT2D eigenvalue weighted by Crippen LogP contribution is 2.31. The molecule has 0 spiro atoms. The molecule has 17 heavy (non-hydrogen) atoms. The van der Waals surface area contributed by atoms with Gasteiger partial charge in [0.2, 0.25) is 0 Å². The molecule has 1 unspecified atom stereocenters. The first-order chi connectivity index (χ1) is 8.30. The van der Waals surface area contributed by atoms with E-state index in [-0.39, 0.29) is 12.0 Å². The highest BCUT2D eigenvalue weighted by Gasteiger charge is 2.30.